The van der Waals surface area contributed by atoms with Gasteiger partial charge in [0.1, 0.15) is 4.83 Å². The molecule has 16 heavy (non-hydrogen) atoms. The first-order chi connectivity index (χ1) is 7.65. The molecule has 0 saturated carbocycles. The van der Waals surface area contributed by atoms with Gasteiger partial charge in [0.15, 0.2) is 4.77 Å². The molecule has 0 amide bonds. The van der Waals surface area contributed by atoms with Gasteiger partial charge in [0.05, 0.1) is 0 Å². The molecule has 1 aliphatic carbocycles. The standard InChI is InChI=1S/C11H12N2S3/c1-5-2-3-6-7(4-5)16-10-8(6)9(14)12-11(15)13-10/h5H,2-4H2,1H3,(H2,12,13,14,15)/p-1/t5-/m1/s1. The number of thiophene rings is 1. The van der Waals surface area contributed by atoms with Crippen LogP contribution in [0.4, 0.5) is 0 Å². The van der Waals surface area contributed by atoms with Crippen molar-refractivity contribution in [3.05, 3.63) is 15.2 Å². The van der Waals surface area contributed by atoms with Crippen LogP contribution in [0.25, 0.3) is 10.2 Å². The summed E-state index contributed by atoms with van der Waals surface area (Å²) in [4.78, 5) is 9.84. The van der Waals surface area contributed by atoms with Crippen molar-refractivity contribution >= 4 is 46.4 Å². The maximum Gasteiger partial charge on any atom is 0.196 e. The van der Waals surface area contributed by atoms with E-state index in [1.165, 1.54) is 16.9 Å². The Bertz CT molecular complexity index is 611. The molecule has 0 fully saturated rings. The van der Waals surface area contributed by atoms with Gasteiger partial charge in [-0.3, -0.25) is 0 Å². The first-order valence-electron chi connectivity index (χ1n) is 5.36. The molecule has 1 atom stereocenters. The van der Waals surface area contributed by atoms with Gasteiger partial charge in [-0.05, 0) is 43.0 Å². The van der Waals surface area contributed by atoms with Crippen LogP contribution in [-0.2, 0) is 25.5 Å². The lowest BCUT2D eigenvalue weighted by Crippen LogP contribution is -2.08. The van der Waals surface area contributed by atoms with Crippen LogP contribution in [0.2, 0.25) is 0 Å². The van der Waals surface area contributed by atoms with Gasteiger partial charge in [0, 0.05) is 10.3 Å². The van der Waals surface area contributed by atoms with E-state index in [0.29, 0.717) is 4.77 Å². The molecule has 0 bridgehead atoms. The Morgan fingerprint density at radius 2 is 2.38 bits per heavy atom. The molecule has 2 aromatic rings. The number of fused-ring (bicyclic) bond motifs is 3. The largest absolute Gasteiger partial charge is 0.762 e. The van der Waals surface area contributed by atoms with Crippen LogP contribution in [0, 0.1) is 10.7 Å². The van der Waals surface area contributed by atoms with E-state index in [1.54, 1.807) is 11.3 Å². The van der Waals surface area contributed by atoms with E-state index in [1.807, 2.05) is 0 Å². The summed E-state index contributed by atoms with van der Waals surface area (Å²) in [6, 6.07) is 0. The fraction of sp³-hybridized carbons (Fsp3) is 0.455. The highest BCUT2D eigenvalue weighted by Gasteiger charge is 2.20. The molecule has 0 spiro atoms. The fourth-order valence-corrected chi connectivity index (χ4v) is 4.42. The molecule has 0 saturated heterocycles. The third-order valence-electron chi connectivity index (χ3n) is 3.14. The van der Waals surface area contributed by atoms with Crippen LogP contribution in [0.1, 0.15) is 23.8 Å². The molecule has 2 aromatic heterocycles. The number of hydrogen-bond donors (Lipinski definition) is 1. The SMILES string of the molecule is C[C@@H]1CCc2c(sc3nc(=S)[nH]c([S-])c23)C1. The Hall–Kier alpha value is -0.520. The number of aryl methyl sites for hydroxylation is 1. The zero-order chi connectivity index (χ0) is 11.3. The summed E-state index contributed by atoms with van der Waals surface area (Å²) < 4.78 is 0.504. The highest BCUT2D eigenvalue weighted by molar-refractivity contribution is 7.71. The summed E-state index contributed by atoms with van der Waals surface area (Å²) in [5.41, 5.74) is 1.42. The Balaban J connectivity index is 2.33. The van der Waals surface area contributed by atoms with Crippen LogP contribution in [0.15, 0.2) is 5.03 Å². The molecule has 84 valence electrons. The molecule has 1 aliphatic rings. The van der Waals surface area contributed by atoms with Gasteiger partial charge >= 0.3 is 0 Å². The Kier molecular flexibility index (Phi) is 2.49. The van der Waals surface area contributed by atoms with Gasteiger partial charge in [-0.15, -0.1) is 11.3 Å². The third kappa shape index (κ3) is 1.58. The second kappa shape index (κ2) is 3.75. The second-order valence-corrected chi connectivity index (χ2v) is 6.28. The summed E-state index contributed by atoms with van der Waals surface area (Å²) in [5.74, 6) is 0.779. The lowest BCUT2D eigenvalue weighted by atomic mass is 9.89. The number of aromatic amines is 1. The first-order valence-corrected chi connectivity index (χ1v) is 7.00. The zero-order valence-corrected chi connectivity index (χ0v) is 11.3. The van der Waals surface area contributed by atoms with E-state index >= 15 is 0 Å². The average Bonchev–Trinajstić information content (AvgIpc) is 2.54. The highest BCUT2D eigenvalue weighted by atomic mass is 32.1. The second-order valence-electron chi connectivity index (χ2n) is 4.40. The van der Waals surface area contributed by atoms with Gasteiger partial charge in [0.25, 0.3) is 0 Å². The summed E-state index contributed by atoms with van der Waals surface area (Å²) >= 11 is 12.2. The predicted octanol–water partition coefficient (Wildman–Crippen LogP) is 3.38. The van der Waals surface area contributed by atoms with Gasteiger partial charge in [-0.1, -0.05) is 11.9 Å². The minimum Gasteiger partial charge on any atom is -0.762 e. The van der Waals surface area contributed by atoms with Crippen molar-refractivity contribution in [3.8, 4) is 0 Å². The summed E-state index contributed by atoms with van der Waals surface area (Å²) in [6.45, 7) is 2.31. The number of H-pyrrole nitrogens is 1. The molecule has 2 heterocycles. The smallest absolute Gasteiger partial charge is 0.196 e. The minimum absolute atomic E-state index is 0.504. The van der Waals surface area contributed by atoms with Crippen LogP contribution in [0.5, 0.6) is 0 Å². The number of nitrogens with zero attached hydrogens (tertiary/aromatic N) is 1. The van der Waals surface area contributed by atoms with Crippen molar-refractivity contribution in [1.29, 1.82) is 0 Å². The van der Waals surface area contributed by atoms with Crippen LogP contribution < -0.4 is 0 Å². The molecule has 3 rings (SSSR count). The van der Waals surface area contributed by atoms with Crippen molar-refractivity contribution in [1.82, 2.24) is 9.97 Å². The van der Waals surface area contributed by atoms with E-state index in [0.717, 1.165) is 34.0 Å². The van der Waals surface area contributed by atoms with Gasteiger partial charge in [0.2, 0.25) is 0 Å². The Morgan fingerprint density at radius 3 is 3.19 bits per heavy atom. The van der Waals surface area contributed by atoms with E-state index in [-0.39, 0.29) is 0 Å². The van der Waals surface area contributed by atoms with Crippen LogP contribution in [0.3, 0.4) is 0 Å². The normalized spacial score (nSPS) is 19.9. The molecule has 1 N–H and O–H groups in total. The monoisotopic (exact) mass is 267 g/mol. The van der Waals surface area contributed by atoms with Crippen molar-refractivity contribution in [2.24, 2.45) is 5.92 Å². The van der Waals surface area contributed by atoms with E-state index in [4.69, 9.17) is 24.8 Å². The summed E-state index contributed by atoms with van der Waals surface area (Å²) in [6.07, 6.45) is 3.55. The van der Waals surface area contributed by atoms with Crippen molar-refractivity contribution in [3.63, 3.8) is 0 Å². The van der Waals surface area contributed by atoms with E-state index in [9.17, 15) is 0 Å². The number of rotatable bonds is 0. The fourth-order valence-electron chi connectivity index (χ4n) is 2.33. The molecular weight excluding hydrogens is 256 g/mol. The summed E-state index contributed by atoms with van der Waals surface area (Å²) in [5, 5.41) is 1.91. The molecule has 2 nitrogen and oxygen atoms in total. The molecule has 5 heteroatoms. The van der Waals surface area contributed by atoms with Gasteiger partial charge < -0.3 is 17.6 Å². The van der Waals surface area contributed by atoms with Gasteiger partial charge in [-0.25, -0.2) is 4.98 Å². The number of nitrogens with one attached hydrogen (secondary N) is 1. The molecule has 0 aromatic carbocycles. The van der Waals surface area contributed by atoms with Crippen molar-refractivity contribution < 1.29 is 0 Å². The quantitative estimate of drug-likeness (QED) is 0.450. The first kappa shape index (κ1) is 10.6. The zero-order valence-electron chi connectivity index (χ0n) is 8.87. The average molecular weight is 267 g/mol. The lowest BCUT2D eigenvalue weighted by molar-refractivity contribution is 0.509. The lowest BCUT2D eigenvalue weighted by Gasteiger charge is -2.19. The highest BCUT2D eigenvalue weighted by Crippen LogP contribution is 2.38. The van der Waals surface area contributed by atoms with E-state index < -0.39 is 0 Å². The molecule has 0 aliphatic heterocycles. The van der Waals surface area contributed by atoms with Crippen molar-refractivity contribution in [2.75, 3.05) is 0 Å². The summed E-state index contributed by atoms with van der Waals surface area (Å²) in [7, 11) is 0. The number of hydrogen-bond acceptors (Lipinski definition) is 4. The minimum atomic E-state index is 0.504. The van der Waals surface area contributed by atoms with Crippen LogP contribution in [-0.4, -0.2) is 9.97 Å². The Morgan fingerprint density at radius 1 is 1.56 bits per heavy atom. The predicted molar refractivity (Wildman–Crippen MR) is 71.6 cm³/mol. The molecule has 0 radical (unpaired) electrons. The van der Waals surface area contributed by atoms with Gasteiger partial charge in [-0.2, -0.15) is 0 Å². The van der Waals surface area contributed by atoms with E-state index in [2.05, 4.69) is 16.9 Å². The third-order valence-corrected chi connectivity index (χ3v) is 4.79. The topological polar surface area (TPSA) is 28.7 Å². The van der Waals surface area contributed by atoms with Crippen molar-refractivity contribution in [2.45, 2.75) is 31.2 Å². The van der Waals surface area contributed by atoms with Crippen LogP contribution >= 0.6 is 23.6 Å². The molecular formula is C11H11N2S3-. The maximum atomic E-state index is 5.35. The Labute approximate surface area is 109 Å². The molecule has 0 unspecified atom stereocenters. The maximum absolute atomic E-state index is 5.35. The number of aromatic nitrogens is 2.